The summed E-state index contributed by atoms with van der Waals surface area (Å²) in [7, 11) is 0. The van der Waals surface area contributed by atoms with E-state index in [1.54, 1.807) is 6.07 Å². The van der Waals surface area contributed by atoms with Gasteiger partial charge in [-0.3, -0.25) is 4.79 Å². The van der Waals surface area contributed by atoms with Crippen molar-refractivity contribution in [1.29, 1.82) is 0 Å². The SMILES string of the molecule is O=C(NCC(O)c1ccccc1)c1cc(C2CC2)on1. The van der Waals surface area contributed by atoms with Crippen LogP contribution in [0.2, 0.25) is 0 Å². The third-order valence-corrected chi connectivity index (χ3v) is 3.38. The number of benzene rings is 1. The van der Waals surface area contributed by atoms with E-state index in [2.05, 4.69) is 10.5 Å². The van der Waals surface area contributed by atoms with Crippen LogP contribution in [0.15, 0.2) is 40.9 Å². The highest BCUT2D eigenvalue weighted by molar-refractivity contribution is 5.92. The zero-order valence-corrected chi connectivity index (χ0v) is 11.0. The molecule has 1 aromatic carbocycles. The number of nitrogens with one attached hydrogen (secondary N) is 1. The number of carbonyl (C=O) groups excluding carboxylic acids is 1. The zero-order chi connectivity index (χ0) is 13.9. The van der Waals surface area contributed by atoms with E-state index in [1.807, 2.05) is 30.3 Å². The van der Waals surface area contributed by atoms with Gasteiger partial charge in [0.05, 0.1) is 6.10 Å². The van der Waals surface area contributed by atoms with Crippen molar-refractivity contribution in [3.8, 4) is 0 Å². The second-order valence-corrected chi connectivity index (χ2v) is 5.03. The van der Waals surface area contributed by atoms with Crippen molar-refractivity contribution in [1.82, 2.24) is 10.5 Å². The first kappa shape index (κ1) is 12.9. The number of aliphatic hydroxyl groups is 1. The van der Waals surface area contributed by atoms with Gasteiger partial charge in [0.15, 0.2) is 5.69 Å². The summed E-state index contributed by atoms with van der Waals surface area (Å²) in [6.07, 6.45) is 1.47. The Bertz CT molecular complexity index is 590. The minimum Gasteiger partial charge on any atom is -0.387 e. The number of nitrogens with zero attached hydrogens (tertiary/aromatic N) is 1. The lowest BCUT2D eigenvalue weighted by atomic mass is 10.1. The first-order valence-corrected chi connectivity index (χ1v) is 6.72. The van der Waals surface area contributed by atoms with E-state index in [9.17, 15) is 9.90 Å². The molecule has 1 unspecified atom stereocenters. The summed E-state index contributed by atoms with van der Waals surface area (Å²) in [5.41, 5.74) is 1.04. The Kier molecular flexibility index (Phi) is 3.52. The summed E-state index contributed by atoms with van der Waals surface area (Å²) >= 11 is 0. The molecular weight excluding hydrogens is 256 g/mol. The highest BCUT2D eigenvalue weighted by Crippen LogP contribution is 2.40. The van der Waals surface area contributed by atoms with Gasteiger partial charge in [-0.15, -0.1) is 0 Å². The maximum absolute atomic E-state index is 11.9. The lowest BCUT2D eigenvalue weighted by molar-refractivity contribution is 0.0907. The molecule has 5 heteroatoms. The van der Waals surface area contributed by atoms with Crippen LogP contribution < -0.4 is 5.32 Å². The molecule has 0 spiro atoms. The summed E-state index contributed by atoms with van der Waals surface area (Å²) in [6, 6.07) is 10.9. The van der Waals surface area contributed by atoms with Crippen LogP contribution in [-0.4, -0.2) is 22.7 Å². The third kappa shape index (κ3) is 2.88. The largest absolute Gasteiger partial charge is 0.387 e. The lowest BCUT2D eigenvalue weighted by Crippen LogP contribution is -2.28. The summed E-state index contributed by atoms with van der Waals surface area (Å²) < 4.78 is 5.13. The van der Waals surface area contributed by atoms with Gasteiger partial charge in [0.1, 0.15) is 5.76 Å². The maximum Gasteiger partial charge on any atom is 0.273 e. The molecule has 1 atom stereocenters. The van der Waals surface area contributed by atoms with Crippen molar-refractivity contribution in [3.05, 3.63) is 53.4 Å². The number of aliphatic hydroxyl groups excluding tert-OH is 1. The fourth-order valence-electron chi connectivity index (χ4n) is 2.03. The second kappa shape index (κ2) is 5.46. The molecule has 3 rings (SSSR count). The van der Waals surface area contributed by atoms with E-state index < -0.39 is 6.10 Å². The average molecular weight is 272 g/mol. The molecular formula is C15H16N2O3. The minimum absolute atomic E-state index is 0.147. The average Bonchev–Trinajstić information content (AvgIpc) is 3.22. The molecule has 0 saturated heterocycles. The Labute approximate surface area is 116 Å². The van der Waals surface area contributed by atoms with Crippen molar-refractivity contribution < 1.29 is 14.4 Å². The predicted molar refractivity (Wildman–Crippen MR) is 72.2 cm³/mol. The van der Waals surface area contributed by atoms with Crippen LogP contribution >= 0.6 is 0 Å². The van der Waals surface area contributed by atoms with Gasteiger partial charge < -0.3 is 14.9 Å². The number of aromatic nitrogens is 1. The molecule has 2 N–H and O–H groups in total. The van der Waals surface area contributed by atoms with Crippen LogP contribution in [0.5, 0.6) is 0 Å². The smallest absolute Gasteiger partial charge is 0.273 e. The number of hydrogen-bond acceptors (Lipinski definition) is 4. The normalized spacial score (nSPS) is 15.8. The quantitative estimate of drug-likeness (QED) is 0.873. The van der Waals surface area contributed by atoms with Gasteiger partial charge in [-0.25, -0.2) is 0 Å². The number of hydrogen-bond donors (Lipinski definition) is 2. The number of amides is 1. The molecule has 1 aliphatic rings. The fourth-order valence-corrected chi connectivity index (χ4v) is 2.03. The molecule has 0 aliphatic heterocycles. The molecule has 1 heterocycles. The molecule has 1 aromatic heterocycles. The van der Waals surface area contributed by atoms with Crippen LogP contribution in [0.3, 0.4) is 0 Å². The van der Waals surface area contributed by atoms with Crippen molar-refractivity contribution in [2.45, 2.75) is 24.9 Å². The minimum atomic E-state index is -0.727. The molecule has 1 saturated carbocycles. The molecule has 1 fully saturated rings. The first-order valence-electron chi connectivity index (χ1n) is 6.72. The topological polar surface area (TPSA) is 75.4 Å². The Hall–Kier alpha value is -2.14. The Morgan fingerprint density at radius 3 is 2.85 bits per heavy atom. The van der Waals surface area contributed by atoms with Gasteiger partial charge in [-0.05, 0) is 18.4 Å². The second-order valence-electron chi connectivity index (χ2n) is 5.03. The van der Waals surface area contributed by atoms with E-state index in [0.717, 1.165) is 24.2 Å². The molecule has 5 nitrogen and oxygen atoms in total. The highest BCUT2D eigenvalue weighted by atomic mass is 16.5. The van der Waals surface area contributed by atoms with Crippen molar-refractivity contribution >= 4 is 5.91 Å². The molecule has 2 aromatic rings. The van der Waals surface area contributed by atoms with Crippen molar-refractivity contribution in [3.63, 3.8) is 0 Å². The van der Waals surface area contributed by atoms with Gasteiger partial charge >= 0.3 is 0 Å². The first-order chi connectivity index (χ1) is 9.74. The molecule has 0 radical (unpaired) electrons. The van der Waals surface area contributed by atoms with Gasteiger partial charge in [0.2, 0.25) is 0 Å². The van der Waals surface area contributed by atoms with Crippen LogP contribution in [-0.2, 0) is 0 Å². The van der Waals surface area contributed by atoms with E-state index >= 15 is 0 Å². The van der Waals surface area contributed by atoms with E-state index in [1.165, 1.54) is 0 Å². The number of rotatable bonds is 5. The molecule has 1 amide bonds. The van der Waals surface area contributed by atoms with Gasteiger partial charge in [-0.1, -0.05) is 35.5 Å². The maximum atomic E-state index is 11.9. The molecule has 104 valence electrons. The number of carbonyl (C=O) groups is 1. The molecule has 0 bridgehead atoms. The van der Waals surface area contributed by atoms with Gasteiger partial charge in [0, 0.05) is 18.5 Å². The van der Waals surface area contributed by atoms with Crippen LogP contribution in [0.4, 0.5) is 0 Å². The Morgan fingerprint density at radius 2 is 2.15 bits per heavy atom. The monoisotopic (exact) mass is 272 g/mol. The van der Waals surface area contributed by atoms with Crippen molar-refractivity contribution in [2.75, 3.05) is 6.54 Å². The van der Waals surface area contributed by atoms with Crippen LogP contribution in [0, 0.1) is 0 Å². The Balaban J connectivity index is 1.55. The Morgan fingerprint density at radius 1 is 1.40 bits per heavy atom. The fraction of sp³-hybridized carbons (Fsp3) is 0.333. The van der Waals surface area contributed by atoms with E-state index in [4.69, 9.17) is 4.52 Å². The van der Waals surface area contributed by atoms with Gasteiger partial charge in [-0.2, -0.15) is 0 Å². The highest BCUT2D eigenvalue weighted by Gasteiger charge is 2.28. The standard InChI is InChI=1S/C15H16N2O3/c18-13(10-4-2-1-3-5-10)9-16-15(19)12-8-14(20-17-12)11-6-7-11/h1-5,8,11,13,18H,6-7,9H2,(H,16,19). The summed E-state index contributed by atoms with van der Waals surface area (Å²) in [6.45, 7) is 0.147. The van der Waals surface area contributed by atoms with E-state index in [0.29, 0.717) is 5.92 Å². The molecule has 1 aliphatic carbocycles. The lowest BCUT2D eigenvalue weighted by Gasteiger charge is -2.11. The van der Waals surface area contributed by atoms with Gasteiger partial charge in [0.25, 0.3) is 5.91 Å². The predicted octanol–water partition coefficient (Wildman–Crippen LogP) is 2.02. The molecule has 20 heavy (non-hydrogen) atoms. The summed E-state index contributed by atoms with van der Waals surface area (Å²) in [5.74, 6) is 0.883. The van der Waals surface area contributed by atoms with Crippen LogP contribution in [0.1, 0.15) is 46.7 Å². The van der Waals surface area contributed by atoms with Crippen molar-refractivity contribution in [2.24, 2.45) is 0 Å². The van der Waals surface area contributed by atoms with Crippen LogP contribution in [0.25, 0.3) is 0 Å². The van der Waals surface area contributed by atoms with E-state index in [-0.39, 0.29) is 18.1 Å². The zero-order valence-electron chi connectivity index (χ0n) is 11.0. The summed E-state index contributed by atoms with van der Waals surface area (Å²) in [4.78, 5) is 11.9. The third-order valence-electron chi connectivity index (χ3n) is 3.38. The summed E-state index contributed by atoms with van der Waals surface area (Å²) in [5, 5.41) is 16.4.